The second-order valence-corrected chi connectivity index (χ2v) is 17.5. The van der Waals surface area contributed by atoms with Crippen LogP contribution in [0.1, 0.15) is 119 Å². The van der Waals surface area contributed by atoms with E-state index in [4.69, 9.17) is 23.7 Å². The lowest BCUT2D eigenvalue weighted by atomic mass is 9.81. The van der Waals surface area contributed by atoms with Crippen molar-refractivity contribution >= 4 is 23.4 Å². The molecule has 2 bridgehead atoms. The SMILES string of the molecule is CCC[C@@H]1/C=C(/C)C[C@@H](C)C[C@H](OC)[C@@H]2O[C@@](O)(C(=O)C(=O)N3CCCC[C@H]3C(=O)O[C@H](/C(C)=C/[C@@H]3CC[C@@H](O)[C@@H](OC)C3)[C@H](C)[C@H](O)CC1=O)[C@H](C)C[C@H]2OC. The Bertz CT molecular complexity index is 1450. The molecule has 0 aromatic rings. The quantitative estimate of drug-likeness (QED) is 0.181. The van der Waals surface area contributed by atoms with E-state index < -0.39 is 83.9 Å². The van der Waals surface area contributed by atoms with E-state index in [-0.39, 0.29) is 49.5 Å². The molecule has 1 amide bonds. The van der Waals surface area contributed by atoms with E-state index in [9.17, 15) is 34.5 Å². The molecule has 4 rings (SSSR count). The lowest BCUT2D eigenvalue weighted by molar-refractivity contribution is -0.302. The van der Waals surface area contributed by atoms with Gasteiger partial charge in [-0.1, -0.05) is 51.8 Å². The molecule has 1 saturated carbocycles. The second kappa shape index (κ2) is 21.1. The summed E-state index contributed by atoms with van der Waals surface area (Å²) in [6, 6.07) is -1.13. The molecule has 0 radical (unpaired) electrons. The predicted octanol–water partition coefficient (Wildman–Crippen LogP) is 4.86. The van der Waals surface area contributed by atoms with Gasteiger partial charge in [0.1, 0.15) is 24.0 Å². The van der Waals surface area contributed by atoms with Crippen molar-refractivity contribution in [3.8, 4) is 0 Å². The van der Waals surface area contributed by atoms with Gasteiger partial charge >= 0.3 is 5.97 Å². The lowest BCUT2D eigenvalue weighted by Gasteiger charge is -2.47. The van der Waals surface area contributed by atoms with Crippen LogP contribution in [-0.4, -0.2) is 126 Å². The van der Waals surface area contributed by atoms with Gasteiger partial charge in [-0.25, -0.2) is 4.79 Å². The first-order valence-corrected chi connectivity index (χ1v) is 21.3. The Kier molecular flexibility index (Phi) is 17.5. The third-order valence-corrected chi connectivity index (χ3v) is 13.1. The number of carbonyl (C=O) groups excluding carboxylic acids is 4. The number of ketones is 2. The van der Waals surface area contributed by atoms with Crippen molar-refractivity contribution in [3.63, 3.8) is 0 Å². The topological polar surface area (TPSA) is 178 Å². The van der Waals surface area contributed by atoms with Gasteiger partial charge in [0.15, 0.2) is 0 Å². The number of carbonyl (C=O) groups is 4. The summed E-state index contributed by atoms with van der Waals surface area (Å²) in [4.78, 5) is 57.9. The van der Waals surface area contributed by atoms with E-state index in [2.05, 4.69) is 6.92 Å². The third kappa shape index (κ3) is 11.4. The van der Waals surface area contributed by atoms with Crippen molar-refractivity contribution in [1.29, 1.82) is 0 Å². The third-order valence-electron chi connectivity index (χ3n) is 13.1. The van der Waals surface area contributed by atoms with Gasteiger partial charge in [0.05, 0.1) is 30.5 Å². The average Bonchev–Trinajstić information content (AvgIpc) is 3.18. The van der Waals surface area contributed by atoms with E-state index >= 15 is 0 Å². The molecule has 3 heterocycles. The number of ether oxygens (including phenoxy) is 5. The first-order valence-electron chi connectivity index (χ1n) is 21.3. The van der Waals surface area contributed by atoms with Crippen molar-refractivity contribution in [2.45, 2.75) is 173 Å². The van der Waals surface area contributed by atoms with Gasteiger partial charge in [-0.2, -0.15) is 0 Å². The molecule has 4 aliphatic rings. The van der Waals surface area contributed by atoms with Crippen molar-refractivity contribution < 1.29 is 58.2 Å². The summed E-state index contributed by atoms with van der Waals surface area (Å²) in [6.45, 7) is 11.4. The minimum absolute atomic E-state index is 0.000416. The van der Waals surface area contributed by atoms with Gasteiger partial charge in [-0.3, -0.25) is 14.4 Å². The maximum Gasteiger partial charge on any atom is 0.329 e. The highest BCUT2D eigenvalue weighted by molar-refractivity contribution is 6.39. The molecule has 13 heteroatoms. The van der Waals surface area contributed by atoms with Crippen LogP contribution in [0.25, 0.3) is 0 Å². The first kappa shape index (κ1) is 47.2. The number of nitrogens with zero attached hydrogens (tertiary/aromatic N) is 1. The van der Waals surface area contributed by atoms with Crippen molar-refractivity contribution in [1.82, 2.24) is 4.90 Å². The molecule has 1 aliphatic carbocycles. The fourth-order valence-corrected chi connectivity index (χ4v) is 9.60. The van der Waals surface area contributed by atoms with Gasteiger partial charge in [-0.05, 0) is 95.5 Å². The second-order valence-electron chi connectivity index (χ2n) is 17.5. The zero-order valence-corrected chi connectivity index (χ0v) is 35.8. The van der Waals surface area contributed by atoms with Gasteiger partial charge in [0.2, 0.25) is 5.79 Å². The summed E-state index contributed by atoms with van der Waals surface area (Å²) in [5.41, 5.74) is 1.67. The maximum atomic E-state index is 14.3. The largest absolute Gasteiger partial charge is 0.456 e. The van der Waals surface area contributed by atoms with Gasteiger partial charge in [-0.15, -0.1) is 0 Å². The number of fused-ring (bicyclic) bond motifs is 3. The molecule has 0 spiro atoms. The number of aliphatic hydroxyl groups is 3. The van der Waals surface area contributed by atoms with Gasteiger partial charge < -0.3 is 43.9 Å². The maximum absolute atomic E-state index is 14.3. The lowest BCUT2D eigenvalue weighted by Crippen LogP contribution is -2.64. The number of hydrogen-bond donors (Lipinski definition) is 3. The first-order chi connectivity index (χ1) is 27.0. The molecule has 324 valence electrons. The minimum Gasteiger partial charge on any atom is -0.456 e. The number of amides is 1. The standard InChI is InChI=1S/C44H71NO12/c1-10-13-31-19-25(2)18-26(3)20-37(54-8)40-38(55-9)22-28(5)44(52,57-40)41(49)42(50)45-17-12-11-14-32(45)43(51)56-39(29(6)34(47)24-35(31)48)27(4)21-30-15-16-33(46)36(23-30)53-7/h19,21,26,28-34,36-40,46-47,52H,10-18,20,22-24H2,1-9H3/b25-19-,27-21+/t26-,28-,29-,30+,31-,32+,33-,34-,36+,37+,38-,39-,40+,44-/m1/s1. The molecule has 0 aromatic heterocycles. The van der Waals surface area contributed by atoms with E-state index in [1.807, 2.05) is 32.9 Å². The fraction of sp³-hybridized carbons (Fsp3) is 0.818. The number of methoxy groups -OCH3 is 3. The van der Waals surface area contributed by atoms with Crippen LogP contribution in [0.5, 0.6) is 0 Å². The van der Waals surface area contributed by atoms with E-state index in [1.165, 1.54) is 19.1 Å². The van der Waals surface area contributed by atoms with Gasteiger partial charge in [0, 0.05) is 52.0 Å². The zero-order chi connectivity index (χ0) is 42.2. The molecular formula is C44H71NO12. The number of rotatable bonds is 7. The Hall–Kier alpha value is -2.52. The Balaban J connectivity index is 1.77. The van der Waals surface area contributed by atoms with Crippen LogP contribution < -0.4 is 0 Å². The Labute approximate surface area is 339 Å². The molecule has 57 heavy (non-hydrogen) atoms. The number of Topliss-reactive ketones (excluding diaryl/α,β-unsaturated/α-hetero) is 2. The molecule has 3 fully saturated rings. The summed E-state index contributed by atoms with van der Waals surface area (Å²) in [5, 5.41) is 34.2. The molecule has 3 aliphatic heterocycles. The number of allylic oxidation sites excluding steroid dienone is 3. The minimum atomic E-state index is -2.50. The molecule has 14 atom stereocenters. The Morgan fingerprint density at radius 2 is 1.58 bits per heavy atom. The number of esters is 1. The van der Waals surface area contributed by atoms with Crippen LogP contribution in [0.2, 0.25) is 0 Å². The molecule has 0 unspecified atom stereocenters. The fourth-order valence-electron chi connectivity index (χ4n) is 9.60. The number of piperidine rings is 1. The van der Waals surface area contributed by atoms with Gasteiger partial charge in [0.25, 0.3) is 11.7 Å². The normalized spacial score (nSPS) is 41.1. The summed E-state index contributed by atoms with van der Waals surface area (Å²) in [5.74, 6) is -7.46. The summed E-state index contributed by atoms with van der Waals surface area (Å²) in [6.07, 6.45) is 4.60. The Morgan fingerprint density at radius 1 is 0.912 bits per heavy atom. The van der Waals surface area contributed by atoms with E-state index in [0.717, 1.165) is 12.0 Å². The summed E-state index contributed by atoms with van der Waals surface area (Å²) in [7, 11) is 4.64. The predicted molar refractivity (Wildman–Crippen MR) is 213 cm³/mol. The number of aliphatic hydroxyl groups excluding tert-OH is 2. The Morgan fingerprint density at radius 3 is 2.23 bits per heavy atom. The molecule has 2 saturated heterocycles. The average molecular weight is 806 g/mol. The van der Waals surface area contributed by atoms with Crippen LogP contribution in [0, 0.1) is 29.6 Å². The highest BCUT2D eigenvalue weighted by Gasteiger charge is 2.56. The number of cyclic esters (lactones) is 1. The van der Waals surface area contributed by atoms with Crippen molar-refractivity contribution in [3.05, 3.63) is 23.3 Å². The van der Waals surface area contributed by atoms with E-state index in [1.54, 1.807) is 21.0 Å². The molecular weight excluding hydrogens is 734 g/mol. The molecule has 0 aromatic carbocycles. The highest BCUT2D eigenvalue weighted by atomic mass is 16.7. The summed E-state index contributed by atoms with van der Waals surface area (Å²) >= 11 is 0. The number of hydrogen-bond acceptors (Lipinski definition) is 12. The van der Waals surface area contributed by atoms with Crippen molar-refractivity contribution in [2.75, 3.05) is 27.9 Å². The highest BCUT2D eigenvalue weighted by Crippen LogP contribution is 2.39. The molecule has 13 nitrogen and oxygen atoms in total. The van der Waals surface area contributed by atoms with Crippen LogP contribution in [0.4, 0.5) is 0 Å². The van der Waals surface area contributed by atoms with Crippen LogP contribution in [-0.2, 0) is 42.9 Å². The zero-order valence-electron chi connectivity index (χ0n) is 35.8. The molecule has 3 N–H and O–H groups in total. The monoisotopic (exact) mass is 805 g/mol. The van der Waals surface area contributed by atoms with E-state index in [0.29, 0.717) is 56.9 Å². The van der Waals surface area contributed by atoms with Crippen LogP contribution >= 0.6 is 0 Å². The van der Waals surface area contributed by atoms with Crippen LogP contribution in [0.15, 0.2) is 23.3 Å². The summed E-state index contributed by atoms with van der Waals surface area (Å²) < 4.78 is 29.8. The van der Waals surface area contributed by atoms with Crippen molar-refractivity contribution in [2.24, 2.45) is 29.6 Å². The smallest absolute Gasteiger partial charge is 0.329 e. The van der Waals surface area contributed by atoms with Crippen LogP contribution in [0.3, 0.4) is 0 Å².